The van der Waals surface area contributed by atoms with Crippen LogP contribution in [0.2, 0.25) is 0 Å². The number of benzene rings is 1. The standard InChI is InChI=1S/C18H28O3/c1-4-5-6-15(2)7-10-17(19)14-21-13-16-8-11-18(20-3)12-9-16/h7-12,15,17,19H,4-6,13-14H2,1-3H3/b10-7+/t15-,17+/m0/s1. The zero-order valence-corrected chi connectivity index (χ0v) is 13.4. The van der Waals surface area contributed by atoms with E-state index in [-0.39, 0.29) is 0 Å². The number of hydrogen-bond acceptors (Lipinski definition) is 3. The average molecular weight is 292 g/mol. The second kappa shape index (κ2) is 10.4. The molecule has 0 saturated carbocycles. The maximum absolute atomic E-state index is 9.85. The highest BCUT2D eigenvalue weighted by Crippen LogP contribution is 2.12. The first kappa shape index (κ1) is 17.7. The Bertz CT molecular complexity index is 397. The minimum atomic E-state index is -0.535. The molecular weight excluding hydrogens is 264 g/mol. The molecular formula is C18H28O3. The lowest BCUT2D eigenvalue weighted by Crippen LogP contribution is -2.12. The Balaban J connectivity index is 2.23. The number of aliphatic hydroxyl groups excluding tert-OH is 1. The molecule has 0 heterocycles. The zero-order valence-electron chi connectivity index (χ0n) is 13.4. The predicted molar refractivity (Wildman–Crippen MR) is 86.5 cm³/mol. The molecule has 3 nitrogen and oxygen atoms in total. The fourth-order valence-corrected chi connectivity index (χ4v) is 2.02. The lowest BCUT2D eigenvalue weighted by molar-refractivity contribution is 0.0501. The lowest BCUT2D eigenvalue weighted by Gasteiger charge is -2.09. The molecule has 118 valence electrons. The minimum absolute atomic E-state index is 0.322. The van der Waals surface area contributed by atoms with Crippen LogP contribution in [0.25, 0.3) is 0 Å². The van der Waals surface area contributed by atoms with Crippen molar-refractivity contribution >= 4 is 0 Å². The van der Waals surface area contributed by atoms with Gasteiger partial charge in [-0.05, 0) is 30.0 Å². The zero-order chi connectivity index (χ0) is 15.5. The molecule has 0 bridgehead atoms. The molecule has 0 fully saturated rings. The van der Waals surface area contributed by atoms with Crippen LogP contribution in [0.4, 0.5) is 0 Å². The first-order chi connectivity index (χ1) is 10.2. The summed E-state index contributed by atoms with van der Waals surface area (Å²) in [6, 6.07) is 7.75. The fourth-order valence-electron chi connectivity index (χ4n) is 2.02. The highest BCUT2D eigenvalue weighted by Gasteiger charge is 2.02. The topological polar surface area (TPSA) is 38.7 Å². The van der Waals surface area contributed by atoms with E-state index in [0.29, 0.717) is 19.1 Å². The van der Waals surface area contributed by atoms with Crippen LogP contribution in [0.5, 0.6) is 5.75 Å². The summed E-state index contributed by atoms with van der Waals surface area (Å²) < 4.78 is 10.6. The lowest BCUT2D eigenvalue weighted by atomic mass is 10.0. The Hall–Kier alpha value is -1.32. The van der Waals surface area contributed by atoms with Gasteiger partial charge in [-0.15, -0.1) is 0 Å². The maximum Gasteiger partial charge on any atom is 0.118 e. The average Bonchev–Trinajstić information content (AvgIpc) is 2.51. The molecule has 0 aliphatic heterocycles. The fraction of sp³-hybridized carbons (Fsp3) is 0.556. The van der Waals surface area contributed by atoms with Gasteiger partial charge in [0.2, 0.25) is 0 Å². The summed E-state index contributed by atoms with van der Waals surface area (Å²) in [5.74, 6) is 1.35. The molecule has 0 aromatic heterocycles. The van der Waals surface area contributed by atoms with E-state index >= 15 is 0 Å². The number of ether oxygens (including phenoxy) is 2. The third-order valence-corrected chi connectivity index (χ3v) is 3.39. The van der Waals surface area contributed by atoms with E-state index in [1.807, 2.05) is 30.3 Å². The van der Waals surface area contributed by atoms with E-state index in [1.165, 1.54) is 19.3 Å². The van der Waals surface area contributed by atoms with E-state index in [2.05, 4.69) is 19.9 Å². The van der Waals surface area contributed by atoms with Crippen LogP contribution in [-0.2, 0) is 11.3 Å². The molecule has 0 spiro atoms. The molecule has 0 radical (unpaired) electrons. The number of hydrogen-bond donors (Lipinski definition) is 1. The third-order valence-electron chi connectivity index (χ3n) is 3.39. The molecule has 0 saturated heterocycles. The smallest absolute Gasteiger partial charge is 0.118 e. The van der Waals surface area contributed by atoms with Gasteiger partial charge < -0.3 is 14.6 Å². The largest absolute Gasteiger partial charge is 0.497 e. The molecule has 0 amide bonds. The van der Waals surface area contributed by atoms with Crippen molar-refractivity contribution in [2.45, 2.75) is 45.8 Å². The van der Waals surface area contributed by atoms with Crippen molar-refractivity contribution < 1.29 is 14.6 Å². The van der Waals surface area contributed by atoms with Crippen LogP contribution in [0, 0.1) is 5.92 Å². The van der Waals surface area contributed by atoms with Crippen molar-refractivity contribution in [2.24, 2.45) is 5.92 Å². The van der Waals surface area contributed by atoms with Crippen molar-refractivity contribution in [1.82, 2.24) is 0 Å². The quantitative estimate of drug-likeness (QED) is 0.663. The highest BCUT2D eigenvalue weighted by atomic mass is 16.5. The van der Waals surface area contributed by atoms with Gasteiger partial charge in [0, 0.05) is 0 Å². The number of aliphatic hydroxyl groups is 1. The van der Waals surface area contributed by atoms with E-state index in [1.54, 1.807) is 7.11 Å². The van der Waals surface area contributed by atoms with Gasteiger partial charge >= 0.3 is 0 Å². The summed E-state index contributed by atoms with van der Waals surface area (Å²) >= 11 is 0. The summed E-state index contributed by atoms with van der Waals surface area (Å²) in [5.41, 5.74) is 1.07. The summed E-state index contributed by atoms with van der Waals surface area (Å²) in [7, 11) is 1.65. The number of rotatable bonds is 10. The van der Waals surface area contributed by atoms with E-state index in [0.717, 1.165) is 11.3 Å². The maximum atomic E-state index is 9.85. The van der Waals surface area contributed by atoms with Gasteiger partial charge in [0.15, 0.2) is 0 Å². The third kappa shape index (κ3) is 7.88. The molecule has 3 heteroatoms. The molecule has 21 heavy (non-hydrogen) atoms. The Kier molecular flexibility index (Phi) is 8.79. The molecule has 2 atom stereocenters. The summed E-state index contributed by atoms with van der Waals surface area (Å²) in [4.78, 5) is 0. The van der Waals surface area contributed by atoms with Gasteiger partial charge in [-0.1, -0.05) is 51.0 Å². The van der Waals surface area contributed by atoms with Crippen LogP contribution in [0.1, 0.15) is 38.7 Å². The van der Waals surface area contributed by atoms with Crippen LogP contribution in [0.15, 0.2) is 36.4 Å². The van der Waals surface area contributed by atoms with Crippen molar-refractivity contribution in [3.8, 4) is 5.75 Å². The van der Waals surface area contributed by atoms with Crippen molar-refractivity contribution in [3.63, 3.8) is 0 Å². The Morgan fingerprint density at radius 1 is 1.19 bits per heavy atom. The van der Waals surface area contributed by atoms with Gasteiger partial charge in [0.05, 0.1) is 26.4 Å². The molecule has 0 aliphatic rings. The minimum Gasteiger partial charge on any atom is -0.497 e. The van der Waals surface area contributed by atoms with E-state index < -0.39 is 6.10 Å². The summed E-state index contributed by atoms with van der Waals surface area (Å²) in [6.07, 6.45) is 7.01. The second-order valence-electron chi connectivity index (χ2n) is 5.43. The van der Waals surface area contributed by atoms with Crippen molar-refractivity contribution in [1.29, 1.82) is 0 Å². The van der Waals surface area contributed by atoms with Crippen LogP contribution in [0.3, 0.4) is 0 Å². The predicted octanol–water partition coefficient (Wildman–Crippen LogP) is 3.96. The molecule has 1 aromatic rings. The summed E-state index contributed by atoms with van der Waals surface area (Å²) in [5, 5.41) is 9.85. The molecule has 1 rings (SSSR count). The molecule has 0 unspecified atom stereocenters. The second-order valence-corrected chi connectivity index (χ2v) is 5.43. The Labute approximate surface area is 128 Å². The Morgan fingerprint density at radius 3 is 2.52 bits per heavy atom. The first-order valence-corrected chi connectivity index (χ1v) is 7.72. The highest BCUT2D eigenvalue weighted by molar-refractivity contribution is 5.26. The van der Waals surface area contributed by atoms with E-state index in [9.17, 15) is 5.11 Å². The number of unbranched alkanes of at least 4 members (excludes halogenated alkanes) is 1. The first-order valence-electron chi connectivity index (χ1n) is 7.72. The molecule has 0 aliphatic carbocycles. The summed E-state index contributed by atoms with van der Waals surface area (Å²) in [6.45, 7) is 5.19. The van der Waals surface area contributed by atoms with Crippen molar-refractivity contribution in [3.05, 3.63) is 42.0 Å². The number of methoxy groups -OCH3 is 1. The SMILES string of the molecule is CCCC[C@H](C)/C=C/[C@@H](O)COCc1ccc(OC)cc1. The normalized spacial score (nSPS) is 14.3. The van der Waals surface area contributed by atoms with Gasteiger partial charge in [0.1, 0.15) is 5.75 Å². The van der Waals surface area contributed by atoms with E-state index in [4.69, 9.17) is 9.47 Å². The van der Waals surface area contributed by atoms with Gasteiger partial charge in [-0.3, -0.25) is 0 Å². The van der Waals surface area contributed by atoms with Crippen LogP contribution in [-0.4, -0.2) is 24.9 Å². The van der Waals surface area contributed by atoms with Gasteiger partial charge in [-0.2, -0.15) is 0 Å². The van der Waals surface area contributed by atoms with Crippen LogP contribution >= 0.6 is 0 Å². The number of allylic oxidation sites excluding steroid dienone is 1. The van der Waals surface area contributed by atoms with Gasteiger partial charge in [0.25, 0.3) is 0 Å². The van der Waals surface area contributed by atoms with Crippen molar-refractivity contribution in [2.75, 3.05) is 13.7 Å². The Morgan fingerprint density at radius 2 is 1.90 bits per heavy atom. The van der Waals surface area contributed by atoms with Crippen LogP contribution < -0.4 is 4.74 Å². The van der Waals surface area contributed by atoms with Gasteiger partial charge in [-0.25, -0.2) is 0 Å². The molecule has 1 aromatic carbocycles. The monoisotopic (exact) mass is 292 g/mol. The molecule has 1 N–H and O–H groups in total.